The van der Waals surface area contributed by atoms with Gasteiger partial charge in [0, 0.05) is 24.4 Å². The number of nitrogens with one attached hydrogen (secondary N) is 2. The van der Waals surface area contributed by atoms with Gasteiger partial charge >= 0.3 is 5.97 Å². The SMILES string of the molecule is COc1ccc(N2C(=S)N[C@H](c3ccccn3)[C@@H]2c2ccc(-c3cc(C(=O)O)ccc3Cl)o2)cc1NC(C)=O. The third-order valence-corrected chi connectivity index (χ3v) is 6.91. The minimum absolute atomic E-state index is 0.0905. The molecular formula is C28H23ClN4O5S. The third-order valence-electron chi connectivity index (χ3n) is 6.27. The molecule has 2 aromatic heterocycles. The Hall–Kier alpha value is -4.41. The van der Waals surface area contributed by atoms with Gasteiger partial charge in [-0.2, -0.15) is 0 Å². The lowest BCUT2D eigenvalue weighted by Gasteiger charge is -2.27. The summed E-state index contributed by atoms with van der Waals surface area (Å²) in [5.74, 6) is 0.136. The number of rotatable bonds is 7. The molecule has 1 saturated heterocycles. The van der Waals surface area contributed by atoms with Gasteiger partial charge in [0.15, 0.2) is 5.11 Å². The number of carbonyl (C=O) groups excluding carboxylic acids is 1. The number of carboxylic acid groups (broad SMARTS) is 1. The number of thiocarbonyl (C=S) groups is 1. The first-order valence-corrected chi connectivity index (χ1v) is 12.6. The summed E-state index contributed by atoms with van der Waals surface area (Å²) in [5.41, 5.74) is 2.46. The van der Waals surface area contributed by atoms with E-state index in [0.717, 1.165) is 5.69 Å². The Balaban J connectivity index is 1.62. The van der Waals surface area contributed by atoms with Gasteiger partial charge in [-0.3, -0.25) is 9.78 Å². The monoisotopic (exact) mass is 562 g/mol. The minimum atomic E-state index is -1.07. The van der Waals surface area contributed by atoms with Crippen molar-refractivity contribution in [1.82, 2.24) is 10.3 Å². The van der Waals surface area contributed by atoms with Gasteiger partial charge in [-0.1, -0.05) is 17.7 Å². The van der Waals surface area contributed by atoms with Gasteiger partial charge in [0.2, 0.25) is 5.91 Å². The Morgan fingerprint density at radius 3 is 2.67 bits per heavy atom. The summed E-state index contributed by atoms with van der Waals surface area (Å²) < 4.78 is 11.7. The Morgan fingerprint density at radius 2 is 1.97 bits per heavy atom. The molecule has 0 aliphatic carbocycles. The first-order valence-electron chi connectivity index (χ1n) is 11.9. The van der Waals surface area contributed by atoms with Gasteiger partial charge in [0.05, 0.1) is 35.1 Å². The average Bonchev–Trinajstić information content (AvgIpc) is 3.53. The third kappa shape index (κ3) is 5.16. The van der Waals surface area contributed by atoms with Gasteiger partial charge in [-0.05, 0) is 72.9 Å². The van der Waals surface area contributed by atoms with Crippen molar-refractivity contribution >= 4 is 52.2 Å². The van der Waals surface area contributed by atoms with Gasteiger partial charge in [-0.15, -0.1) is 0 Å². The molecule has 0 unspecified atom stereocenters. The van der Waals surface area contributed by atoms with Crippen molar-refractivity contribution in [2.24, 2.45) is 0 Å². The van der Waals surface area contributed by atoms with Crippen LogP contribution in [0.15, 0.2) is 77.3 Å². The first kappa shape index (κ1) is 26.2. The van der Waals surface area contributed by atoms with Crippen molar-refractivity contribution in [2.75, 3.05) is 17.3 Å². The molecule has 11 heteroatoms. The normalized spacial score (nSPS) is 16.6. The molecule has 39 heavy (non-hydrogen) atoms. The molecule has 5 rings (SSSR count). The fourth-order valence-corrected chi connectivity index (χ4v) is 5.12. The predicted octanol–water partition coefficient (Wildman–Crippen LogP) is 5.84. The van der Waals surface area contributed by atoms with E-state index in [-0.39, 0.29) is 17.5 Å². The van der Waals surface area contributed by atoms with E-state index < -0.39 is 12.0 Å². The largest absolute Gasteiger partial charge is 0.495 e. The Morgan fingerprint density at radius 1 is 1.15 bits per heavy atom. The lowest BCUT2D eigenvalue weighted by Crippen LogP contribution is -2.29. The molecule has 0 spiro atoms. The van der Waals surface area contributed by atoms with Crippen LogP contribution in [0.5, 0.6) is 5.75 Å². The predicted molar refractivity (Wildman–Crippen MR) is 151 cm³/mol. The van der Waals surface area contributed by atoms with E-state index in [1.807, 2.05) is 29.2 Å². The van der Waals surface area contributed by atoms with Crippen LogP contribution in [0, 0.1) is 0 Å². The van der Waals surface area contributed by atoms with Gasteiger partial charge in [0.25, 0.3) is 0 Å². The van der Waals surface area contributed by atoms with Crippen molar-refractivity contribution in [3.63, 3.8) is 0 Å². The molecule has 1 aliphatic heterocycles. The summed E-state index contributed by atoms with van der Waals surface area (Å²) in [6.45, 7) is 1.42. The van der Waals surface area contributed by atoms with E-state index in [1.54, 1.807) is 30.5 Å². The highest BCUT2D eigenvalue weighted by atomic mass is 35.5. The van der Waals surface area contributed by atoms with Crippen molar-refractivity contribution in [2.45, 2.75) is 19.0 Å². The average molecular weight is 563 g/mol. The molecule has 0 bridgehead atoms. The van der Waals surface area contributed by atoms with Crippen LogP contribution in [0.1, 0.15) is 40.8 Å². The highest BCUT2D eigenvalue weighted by Crippen LogP contribution is 2.44. The number of aromatic carboxylic acids is 1. The number of halogens is 1. The summed E-state index contributed by atoms with van der Waals surface area (Å²) in [6.07, 6.45) is 1.70. The number of methoxy groups -OCH3 is 1. The second kappa shape index (κ2) is 10.8. The summed E-state index contributed by atoms with van der Waals surface area (Å²) in [6, 6.07) is 18.1. The van der Waals surface area contributed by atoms with Crippen LogP contribution in [0.4, 0.5) is 11.4 Å². The molecule has 0 radical (unpaired) electrons. The van der Waals surface area contributed by atoms with Crippen LogP contribution in [0.25, 0.3) is 11.3 Å². The van der Waals surface area contributed by atoms with Crippen molar-refractivity contribution in [3.8, 4) is 17.1 Å². The van der Waals surface area contributed by atoms with Crippen LogP contribution < -0.4 is 20.3 Å². The van der Waals surface area contributed by atoms with Crippen molar-refractivity contribution in [3.05, 3.63) is 95.0 Å². The lowest BCUT2D eigenvalue weighted by atomic mass is 10.0. The maximum atomic E-state index is 11.8. The molecular weight excluding hydrogens is 540 g/mol. The van der Waals surface area contributed by atoms with Gasteiger partial charge in [0.1, 0.15) is 23.3 Å². The number of ether oxygens (including phenoxy) is 1. The maximum Gasteiger partial charge on any atom is 0.335 e. The number of aromatic nitrogens is 1. The van der Waals surface area contributed by atoms with E-state index in [9.17, 15) is 14.7 Å². The molecule has 198 valence electrons. The quantitative estimate of drug-likeness (QED) is 0.239. The number of hydrogen-bond acceptors (Lipinski definition) is 6. The highest BCUT2D eigenvalue weighted by molar-refractivity contribution is 7.80. The number of furan rings is 1. The zero-order valence-corrected chi connectivity index (χ0v) is 22.4. The fourth-order valence-electron chi connectivity index (χ4n) is 4.56. The Bertz CT molecular complexity index is 1580. The van der Waals surface area contributed by atoms with E-state index in [4.69, 9.17) is 33.0 Å². The van der Waals surface area contributed by atoms with Crippen molar-refractivity contribution in [1.29, 1.82) is 0 Å². The number of anilines is 2. The molecule has 2 aromatic carbocycles. The first-order chi connectivity index (χ1) is 18.8. The number of carbonyl (C=O) groups is 2. The minimum Gasteiger partial charge on any atom is -0.495 e. The van der Waals surface area contributed by atoms with Gasteiger partial charge in [-0.25, -0.2) is 4.79 Å². The number of amides is 1. The zero-order valence-electron chi connectivity index (χ0n) is 20.8. The second-order valence-electron chi connectivity index (χ2n) is 8.76. The van der Waals surface area contributed by atoms with Crippen LogP contribution >= 0.6 is 23.8 Å². The molecule has 9 nitrogen and oxygen atoms in total. The summed E-state index contributed by atoms with van der Waals surface area (Å²) in [4.78, 5) is 29.8. The van der Waals surface area contributed by atoms with Crippen LogP contribution in [0.2, 0.25) is 5.02 Å². The zero-order chi connectivity index (χ0) is 27.7. The summed E-state index contributed by atoms with van der Waals surface area (Å²) in [7, 11) is 1.52. The van der Waals surface area contributed by atoms with E-state index >= 15 is 0 Å². The smallest absolute Gasteiger partial charge is 0.335 e. The molecule has 4 aromatic rings. The van der Waals surface area contributed by atoms with E-state index in [0.29, 0.717) is 44.3 Å². The number of pyridine rings is 1. The summed E-state index contributed by atoms with van der Waals surface area (Å²) >= 11 is 12.2. The van der Waals surface area contributed by atoms with Gasteiger partial charge < -0.3 is 29.8 Å². The fraction of sp³-hybridized carbons (Fsp3) is 0.143. The van der Waals surface area contributed by atoms with Crippen LogP contribution in [-0.4, -0.2) is 34.2 Å². The molecule has 0 saturated carbocycles. The number of hydrogen-bond donors (Lipinski definition) is 3. The Labute approximate surface area is 234 Å². The number of carboxylic acids is 1. The summed E-state index contributed by atoms with van der Waals surface area (Å²) in [5, 5.41) is 16.4. The maximum absolute atomic E-state index is 11.8. The molecule has 1 fully saturated rings. The van der Waals surface area contributed by atoms with Crippen LogP contribution in [-0.2, 0) is 4.79 Å². The highest BCUT2D eigenvalue weighted by Gasteiger charge is 2.43. The molecule has 3 N–H and O–H groups in total. The van der Waals surface area contributed by atoms with Crippen LogP contribution in [0.3, 0.4) is 0 Å². The Kier molecular flexibility index (Phi) is 7.23. The topological polar surface area (TPSA) is 117 Å². The number of benzene rings is 2. The van der Waals surface area contributed by atoms with E-state index in [1.165, 1.54) is 32.2 Å². The van der Waals surface area contributed by atoms with E-state index in [2.05, 4.69) is 15.6 Å². The second-order valence-corrected chi connectivity index (χ2v) is 9.56. The molecule has 1 amide bonds. The lowest BCUT2D eigenvalue weighted by molar-refractivity contribution is -0.114. The molecule has 3 heterocycles. The molecule has 1 aliphatic rings. The standard InChI is InChI=1S/C28H23ClN4O5S/c1-15(34)31-21-14-17(7-9-23(21)37-2)33-26(25(32-28(33)39)20-5-3-4-12-30-20)24-11-10-22(38-24)18-13-16(27(35)36)6-8-19(18)29/h3-14,25-26H,1-2H3,(H,31,34)(H,32,39)(H,35,36)/t25-,26+/m1/s1. The molecule has 2 atom stereocenters. The van der Waals surface area contributed by atoms with Crippen molar-refractivity contribution < 1.29 is 23.8 Å². The number of nitrogens with zero attached hydrogens (tertiary/aromatic N) is 2.